The van der Waals surface area contributed by atoms with E-state index in [1.165, 1.54) is 0 Å². The van der Waals surface area contributed by atoms with Gasteiger partial charge in [0.25, 0.3) is 0 Å². The number of H-pyrrole nitrogens is 1. The summed E-state index contributed by atoms with van der Waals surface area (Å²) < 4.78 is 28.4. The predicted octanol–water partition coefficient (Wildman–Crippen LogP) is 3.41. The Hall–Kier alpha value is -2.71. The summed E-state index contributed by atoms with van der Waals surface area (Å²) >= 11 is 0. The smallest absolute Gasteiger partial charge is 0.241 e. The third-order valence-electron chi connectivity index (χ3n) is 5.59. The maximum atomic E-state index is 12.9. The zero-order chi connectivity index (χ0) is 21.3. The summed E-state index contributed by atoms with van der Waals surface area (Å²) in [5, 5.41) is 10.5. The molecule has 0 bridgehead atoms. The molecule has 2 aromatic carbocycles. The topological polar surface area (TPSA) is 104 Å². The summed E-state index contributed by atoms with van der Waals surface area (Å²) in [5.41, 5.74) is 5.88. The van der Waals surface area contributed by atoms with Crippen molar-refractivity contribution in [2.24, 2.45) is 0 Å². The Balaban J connectivity index is 1.70. The van der Waals surface area contributed by atoms with Gasteiger partial charge in [-0.1, -0.05) is 12.1 Å². The van der Waals surface area contributed by atoms with Crippen molar-refractivity contribution in [3.8, 4) is 0 Å². The van der Waals surface area contributed by atoms with Crippen LogP contribution in [0.1, 0.15) is 34.2 Å². The minimum atomic E-state index is -3.72. The fraction of sp³-hybridized carbons (Fsp3) is 0.333. The van der Waals surface area contributed by atoms with Gasteiger partial charge in [-0.3, -0.25) is 9.89 Å². The first-order valence-electron chi connectivity index (χ1n) is 9.42. The molecular formula is C21H26N4O3S. The number of hydrogen-bond acceptors (Lipinski definition) is 4. The number of aromatic nitrogens is 2. The quantitative estimate of drug-likeness (QED) is 0.575. The van der Waals surface area contributed by atoms with E-state index < -0.39 is 10.0 Å². The minimum absolute atomic E-state index is 0.0119. The van der Waals surface area contributed by atoms with Crippen LogP contribution >= 0.6 is 0 Å². The molecule has 1 aromatic heterocycles. The van der Waals surface area contributed by atoms with Crippen molar-refractivity contribution in [3.05, 3.63) is 52.2 Å². The standard InChI is InChI=1S/C21H26N4O3S/c1-12-13(2)15(4)21(16(5)14(12)3)29(27,28)23-10-9-19(26)24-18-8-6-7-17-11-22-25-20(17)18/h6-8,11,23H,9-10H2,1-5H3,(H,22,25)(H,24,26). The number of benzene rings is 2. The van der Waals surface area contributed by atoms with E-state index in [1.54, 1.807) is 12.3 Å². The van der Waals surface area contributed by atoms with E-state index >= 15 is 0 Å². The molecular weight excluding hydrogens is 388 g/mol. The van der Waals surface area contributed by atoms with Gasteiger partial charge >= 0.3 is 0 Å². The van der Waals surface area contributed by atoms with Gasteiger partial charge in [0, 0.05) is 18.4 Å². The lowest BCUT2D eigenvalue weighted by Gasteiger charge is -2.19. The van der Waals surface area contributed by atoms with Crippen LogP contribution in [-0.2, 0) is 14.8 Å². The van der Waals surface area contributed by atoms with Crippen molar-refractivity contribution < 1.29 is 13.2 Å². The van der Waals surface area contributed by atoms with Crippen molar-refractivity contribution in [3.63, 3.8) is 0 Å². The molecule has 0 aliphatic heterocycles. The number of rotatable bonds is 6. The van der Waals surface area contributed by atoms with Crippen LogP contribution in [0.5, 0.6) is 0 Å². The van der Waals surface area contributed by atoms with Gasteiger partial charge in [-0.05, 0) is 68.5 Å². The Kier molecular flexibility index (Phi) is 5.77. The highest BCUT2D eigenvalue weighted by molar-refractivity contribution is 7.89. The first-order valence-corrected chi connectivity index (χ1v) is 10.9. The average Bonchev–Trinajstić information content (AvgIpc) is 3.14. The molecule has 3 N–H and O–H groups in total. The normalized spacial score (nSPS) is 11.8. The molecule has 154 valence electrons. The minimum Gasteiger partial charge on any atom is -0.324 e. The van der Waals surface area contributed by atoms with Crippen molar-refractivity contribution in [1.29, 1.82) is 0 Å². The Labute approximate surface area is 171 Å². The summed E-state index contributed by atoms with van der Waals surface area (Å²) in [5.74, 6) is -0.278. The molecule has 0 aliphatic rings. The number of carbonyl (C=O) groups excluding carboxylic acids is 1. The van der Waals surface area contributed by atoms with E-state index in [4.69, 9.17) is 0 Å². The van der Waals surface area contributed by atoms with Crippen LogP contribution in [0, 0.1) is 34.6 Å². The second kappa shape index (κ2) is 7.96. The number of sulfonamides is 1. The Morgan fingerprint density at radius 2 is 1.62 bits per heavy atom. The molecule has 0 spiro atoms. The highest BCUT2D eigenvalue weighted by atomic mass is 32.2. The monoisotopic (exact) mass is 414 g/mol. The Morgan fingerprint density at radius 1 is 1.00 bits per heavy atom. The molecule has 29 heavy (non-hydrogen) atoms. The number of nitrogens with zero attached hydrogens (tertiary/aromatic N) is 1. The second-order valence-corrected chi connectivity index (χ2v) is 8.99. The van der Waals surface area contributed by atoms with Gasteiger partial charge in [0.15, 0.2) is 0 Å². The van der Waals surface area contributed by atoms with E-state index in [0.717, 1.165) is 38.7 Å². The molecule has 7 nitrogen and oxygen atoms in total. The zero-order valence-corrected chi connectivity index (χ0v) is 18.1. The molecule has 0 aliphatic carbocycles. The van der Waals surface area contributed by atoms with Crippen molar-refractivity contribution in [2.45, 2.75) is 45.9 Å². The van der Waals surface area contributed by atoms with Gasteiger partial charge in [0.05, 0.1) is 22.3 Å². The summed E-state index contributed by atoms with van der Waals surface area (Å²) in [4.78, 5) is 12.6. The molecule has 3 rings (SSSR count). The van der Waals surface area contributed by atoms with E-state index in [-0.39, 0.29) is 18.9 Å². The average molecular weight is 415 g/mol. The molecule has 0 saturated heterocycles. The van der Waals surface area contributed by atoms with Crippen molar-refractivity contribution in [1.82, 2.24) is 14.9 Å². The number of anilines is 1. The summed E-state index contributed by atoms with van der Waals surface area (Å²) in [7, 11) is -3.72. The lowest BCUT2D eigenvalue weighted by atomic mass is 9.95. The molecule has 1 amide bonds. The first-order chi connectivity index (χ1) is 13.6. The third kappa shape index (κ3) is 4.04. The fourth-order valence-corrected chi connectivity index (χ4v) is 5.15. The lowest BCUT2D eigenvalue weighted by Crippen LogP contribution is -2.29. The number of amides is 1. The molecule has 8 heteroatoms. The first kappa shape index (κ1) is 21.0. The fourth-order valence-electron chi connectivity index (χ4n) is 3.53. The predicted molar refractivity (Wildman–Crippen MR) is 115 cm³/mol. The summed E-state index contributed by atoms with van der Waals surface area (Å²) in [6.07, 6.45) is 1.70. The van der Waals surface area contributed by atoms with E-state index in [0.29, 0.717) is 10.6 Å². The highest BCUT2D eigenvalue weighted by Gasteiger charge is 2.23. The van der Waals surface area contributed by atoms with Gasteiger partial charge < -0.3 is 5.32 Å². The van der Waals surface area contributed by atoms with Crippen LogP contribution in [0.15, 0.2) is 29.3 Å². The van der Waals surface area contributed by atoms with E-state index in [9.17, 15) is 13.2 Å². The van der Waals surface area contributed by atoms with Gasteiger partial charge in [-0.2, -0.15) is 5.10 Å². The molecule has 0 saturated carbocycles. The molecule has 1 heterocycles. The van der Waals surface area contributed by atoms with Crippen LogP contribution in [0.3, 0.4) is 0 Å². The molecule has 0 radical (unpaired) electrons. The largest absolute Gasteiger partial charge is 0.324 e. The SMILES string of the molecule is Cc1c(C)c(C)c(S(=O)(=O)NCCC(=O)Nc2cccc3cn[nH]c23)c(C)c1C. The second-order valence-electron chi connectivity index (χ2n) is 7.29. The van der Waals surface area contributed by atoms with Gasteiger partial charge in [-0.15, -0.1) is 0 Å². The van der Waals surface area contributed by atoms with Crippen LogP contribution in [0.25, 0.3) is 10.9 Å². The Bertz CT molecular complexity index is 1170. The number of hydrogen-bond donors (Lipinski definition) is 3. The van der Waals surface area contributed by atoms with Crippen molar-refractivity contribution in [2.75, 3.05) is 11.9 Å². The number of para-hydroxylation sites is 1. The maximum absolute atomic E-state index is 12.9. The van der Waals surface area contributed by atoms with Gasteiger partial charge in [-0.25, -0.2) is 13.1 Å². The van der Waals surface area contributed by atoms with Crippen LogP contribution in [-0.4, -0.2) is 31.1 Å². The van der Waals surface area contributed by atoms with Gasteiger partial charge in [0.2, 0.25) is 15.9 Å². The number of aromatic amines is 1. The maximum Gasteiger partial charge on any atom is 0.241 e. The molecule has 3 aromatic rings. The van der Waals surface area contributed by atoms with Crippen molar-refractivity contribution >= 4 is 32.5 Å². The summed E-state index contributed by atoms with van der Waals surface area (Å²) in [6.45, 7) is 9.51. The number of nitrogens with one attached hydrogen (secondary N) is 3. The number of carbonyl (C=O) groups is 1. The van der Waals surface area contributed by atoms with Crippen LogP contribution in [0.2, 0.25) is 0 Å². The van der Waals surface area contributed by atoms with E-state index in [2.05, 4.69) is 20.2 Å². The van der Waals surface area contributed by atoms with Crippen LogP contribution in [0.4, 0.5) is 5.69 Å². The lowest BCUT2D eigenvalue weighted by molar-refractivity contribution is -0.116. The zero-order valence-electron chi connectivity index (χ0n) is 17.3. The van der Waals surface area contributed by atoms with Gasteiger partial charge in [0.1, 0.15) is 0 Å². The molecule has 0 unspecified atom stereocenters. The third-order valence-corrected chi connectivity index (χ3v) is 7.33. The molecule has 0 fully saturated rings. The molecule has 0 atom stereocenters. The van der Waals surface area contributed by atoms with E-state index in [1.807, 2.05) is 46.8 Å². The number of fused-ring (bicyclic) bond motifs is 1. The van der Waals surface area contributed by atoms with Crippen LogP contribution < -0.4 is 10.0 Å². The summed E-state index contributed by atoms with van der Waals surface area (Å²) in [6, 6.07) is 5.48. The Morgan fingerprint density at radius 3 is 2.28 bits per heavy atom. The highest BCUT2D eigenvalue weighted by Crippen LogP contribution is 2.29.